The molecule has 1 aromatic heterocycles. The number of hydrogen-bond donors (Lipinski definition) is 2. The zero-order valence-electron chi connectivity index (χ0n) is 13.0. The van der Waals surface area contributed by atoms with Crippen molar-refractivity contribution in [3.8, 4) is 11.5 Å². The highest BCUT2D eigenvalue weighted by atomic mass is 16.5. The second-order valence-electron chi connectivity index (χ2n) is 5.07. The molecule has 1 atom stereocenters. The molecule has 3 N–H and O–H groups in total. The van der Waals surface area contributed by atoms with Crippen LogP contribution in [0, 0.1) is 0 Å². The number of amides is 1. The molecule has 3 rings (SSSR count). The Bertz CT molecular complexity index is 796. The smallest absolute Gasteiger partial charge is 0.248 e. The molecular weight excluding hydrogens is 298 g/mol. The average Bonchev–Trinajstić information content (AvgIpc) is 3.00. The molecule has 0 saturated heterocycles. The largest absolute Gasteiger partial charge is 0.493 e. The fourth-order valence-electron chi connectivity index (χ4n) is 2.74. The number of rotatable bonds is 4. The van der Waals surface area contributed by atoms with Gasteiger partial charge < -0.3 is 20.5 Å². The Morgan fingerprint density at radius 2 is 2.04 bits per heavy atom. The van der Waals surface area contributed by atoms with Crippen molar-refractivity contribution in [1.29, 1.82) is 0 Å². The first kappa shape index (κ1) is 14.9. The molecule has 1 amide bonds. The fourth-order valence-corrected chi connectivity index (χ4v) is 2.74. The van der Waals surface area contributed by atoms with Crippen molar-refractivity contribution in [2.75, 3.05) is 19.5 Å². The number of nitrogens with two attached hydrogens (primary N) is 1. The number of hydrogen-bond acceptors (Lipinski definition) is 6. The standard InChI is InChI=1S/C15H17N5O3/c1-8-12(14(16)21)13(20-15(19-8)17-7-18-20)9-4-5-10(22-2)11(6-9)23-3/h4-7,13H,1-3H3,(H2,16,21)(H,17,18,19)/t13-/m1/s1. The zero-order chi connectivity index (χ0) is 16.6. The molecular formula is C15H17N5O3. The number of fused-ring (bicyclic) bond motifs is 1. The normalized spacial score (nSPS) is 16.6. The topological polar surface area (TPSA) is 104 Å². The van der Waals surface area contributed by atoms with Crippen molar-refractivity contribution in [1.82, 2.24) is 14.8 Å². The van der Waals surface area contributed by atoms with Crippen molar-refractivity contribution in [3.63, 3.8) is 0 Å². The van der Waals surface area contributed by atoms with Gasteiger partial charge in [-0.25, -0.2) is 4.68 Å². The van der Waals surface area contributed by atoms with Gasteiger partial charge >= 0.3 is 0 Å². The van der Waals surface area contributed by atoms with Crippen LogP contribution in [0.5, 0.6) is 11.5 Å². The van der Waals surface area contributed by atoms with Crippen LogP contribution < -0.4 is 20.5 Å². The molecule has 0 saturated carbocycles. The van der Waals surface area contributed by atoms with Gasteiger partial charge in [-0.1, -0.05) is 6.07 Å². The van der Waals surface area contributed by atoms with Gasteiger partial charge in [0.15, 0.2) is 11.5 Å². The number of carbonyl (C=O) groups excluding carboxylic acids is 1. The minimum atomic E-state index is -0.518. The molecule has 23 heavy (non-hydrogen) atoms. The predicted molar refractivity (Wildman–Crippen MR) is 83.2 cm³/mol. The van der Waals surface area contributed by atoms with E-state index in [0.29, 0.717) is 28.7 Å². The van der Waals surface area contributed by atoms with Gasteiger partial charge in [0, 0.05) is 5.70 Å². The third-order valence-electron chi connectivity index (χ3n) is 3.78. The average molecular weight is 315 g/mol. The number of benzene rings is 1. The molecule has 0 bridgehead atoms. The summed E-state index contributed by atoms with van der Waals surface area (Å²) in [4.78, 5) is 16.1. The molecule has 1 aromatic carbocycles. The zero-order valence-corrected chi connectivity index (χ0v) is 13.0. The van der Waals surface area contributed by atoms with E-state index in [0.717, 1.165) is 5.56 Å². The third-order valence-corrected chi connectivity index (χ3v) is 3.78. The lowest BCUT2D eigenvalue weighted by molar-refractivity contribution is -0.115. The summed E-state index contributed by atoms with van der Waals surface area (Å²) in [5.74, 6) is 1.19. The van der Waals surface area contributed by atoms with Gasteiger partial charge in [-0.2, -0.15) is 10.1 Å². The Morgan fingerprint density at radius 1 is 1.30 bits per heavy atom. The number of methoxy groups -OCH3 is 2. The lowest BCUT2D eigenvalue weighted by Crippen LogP contribution is -2.31. The second kappa shape index (κ2) is 5.64. The van der Waals surface area contributed by atoms with Crippen molar-refractivity contribution in [3.05, 3.63) is 41.4 Å². The van der Waals surface area contributed by atoms with E-state index in [1.54, 1.807) is 38.0 Å². The Balaban J connectivity index is 2.18. The molecule has 0 unspecified atom stereocenters. The van der Waals surface area contributed by atoms with E-state index in [4.69, 9.17) is 15.2 Å². The van der Waals surface area contributed by atoms with E-state index in [-0.39, 0.29) is 0 Å². The quantitative estimate of drug-likeness (QED) is 0.874. The summed E-state index contributed by atoms with van der Waals surface area (Å²) >= 11 is 0. The SMILES string of the molecule is COc1ccc([C@@H]2C(C(N)=O)=C(C)Nc3ncnn32)cc1OC. The van der Waals surface area contributed by atoms with Crippen molar-refractivity contribution in [2.45, 2.75) is 13.0 Å². The first-order valence-corrected chi connectivity index (χ1v) is 6.95. The molecule has 1 aliphatic heterocycles. The molecule has 0 aliphatic carbocycles. The van der Waals surface area contributed by atoms with E-state index < -0.39 is 11.9 Å². The summed E-state index contributed by atoms with van der Waals surface area (Å²) in [5, 5.41) is 7.24. The first-order chi connectivity index (χ1) is 11.1. The summed E-state index contributed by atoms with van der Waals surface area (Å²) in [6, 6.07) is 4.95. The molecule has 2 aromatic rings. The number of primary amides is 1. The van der Waals surface area contributed by atoms with Crippen LogP contribution >= 0.6 is 0 Å². The number of allylic oxidation sites excluding steroid dienone is 1. The summed E-state index contributed by atoms with van der Waals surface area (Å²) in [7, 11) is 3.12. The Kier molecular flexibility index (Phi) is 3.65. The van der Waals surface area contributed by atoms with Gasteiger partial charge in [0.25, 0.3) is 0 Å². The van der Waals surface area contributed by atoms with Gasteiger partial charge in [0.2, 0.25) is 11.9 Å². The summed E-state index contributed by atoms with van der Waals surface area (Å²) < 4.78 is 12.2. The first-order valence-electron chi connectivity index (χ1n) is 6.95. The van der Waals surface area contributed by atoms with E-state index in [1.807, 2.05) is 6.07 Å². The summed E-state index contributed by atoms with van der Waals surface area (Å²) in [6.07, 6.45) is 1.42. The summed E-state index contributed by atoms with van der Waals surface area (Å²) in [6.45, 7) is 1.78. The van der Waals surface area contributed by atoms with Crippen molar-refractivity contribution >= 4 is 11.9 Å². The van der Waals surface area contributed by atoms with Crippen LogP contribution in [-0.4, -0.2) is 34.9 Å². The Labute approximate surface area is 132 Å². The minimum Gasteiger partial charge on any atom is -0.493 e. The highest BCUT2D eigenvalue weighted by Gasteiger charge is 2.32. The van der Waals surface area contributed by atoms with Crippen LogP contribution in [0.3, 0.4) is 0 Å². The number of aromatic nitrogens is 3. The Hall–Kier alpha value is -3.03. The molecule has 2 heterocycles. The van der Waals surface area contributed by atoms with Gasteiger partial charge in [-0.15, -0.1) is 0 Å². The number of nitrogens with zero attached hydrogens (tertiary/aromatic N) is 3. The molecule has 0 radical (unpaired) electrons. The molecule has 1 aliphatic rings. The predicted octanol–water partition coefficient (Wildman–Crippen LogP) is 1.07. The van der Waals surface area contributed by atoms with Gasteiger partial charge in [0.1, 0.15) is 12.4 Å². The van der Waals surface area contributed by atoms with Gasteiger partial charge in [-0.05, 0) is 24.6 Å². The van der Waals surface area contributed by atoms with Crippen LogP contribution in [-0.2, 0) is 4.79 Å². The van der Waals surface area contributed by atoms with Crippen molar-refractivity contribution in [2.24, 2.45) is 5.73 Å². The van der Waals surface area contributed by atoms with Gasteiger partial charge in [-0.3, -0.25) is 4.79 Å². The van der Waals surface area contributed by atoms with Gasteiger partial charge in [0.05, 0.1) is 19.8 Å². The maximum Gasteiger partial charge on any atom is 0.248 e. The van der Waals surface area contributed by atoms with E-state index >= 15 is 0 Å². The number of ether oxygens (including phenoxy) is 2. The van der Waals surface area contributed by atoms with Crippen LogP contribution in [0.25, 0.3) is 0 Å². The molecule has 8 nitrogen and oxygen atoms in total. The molecule has 0 fully saturated rings. The lowest BCUT2D eigenvalue weighted by atomic mass is 9.95. The second-order valence-corrected chi connectivity index (χ2v) is 5.07. The highest BCUT2D eigenvalue weighted by Crippen LogP contribution is 2.37. The van der Waals surface area contributed by atoms with Crippen molar-refractivity contribution < 1.29 is 14.3 Å². The van der Waals surface area contributed by atoms with E-state index in [2.05, 4.69) is 15.4 Å². The highest BCUT2D eigenvalue weighted by molar-refractivity contribution is 5.95. The molecule has 120 valence electrons. The number of nitrogens with one attached hydrogen (secondary N) is 1. The van der Waals surface area contributed by atoms with Crippen LogP contribution in [0.15, 0.2) is 35.8 Å². The molecule has 0 spiro atoms. The minimum absolute atomic E-state index is 0.426. The van der Waals surface area contributed by atoms with Crippen LogP contribution in [0.4, 0.5) is 5.95 Å². The Morgan fingerprint density at radius 3 is 2.70 bits per heavy atom. The maximum absolute atomic E-state index is 12.0. The summed E-state index contributed by atoms with van der Waals surface area (Å²) in [5.41, 5.74) is 7.46. The van der Waals surface area contributed by atoms with Crippen LogP contribution in [0.2, 0.25) is 0 Å². The van der Waals surface area contributed by atoms with Crippen LogP contribution in [0.1, 0.15) is 18.5 Å². The fraction of sp³-hybridized carbons (Fsp3) is 0.267. The molecule has 8 heteroatoms. The lowest BCUT2D eigenvalue weighted by Gasteiger charge is -2.28. The number of anilines is 1. The maximum atomic E-state index is 12.0. The third kappa shape index (κ3) is 2.37. The van der Waals surface area contributed by atoms with E-state index in [1.165, 1.54) is 6.33 Å². The van der Waals surface area contributed by atoms with E-state index in [9.17, 15) is 4.79 Å². The monoisotopic (exact) mass is 315 g/mol. The number of carbonyl (C=O) groups is 1.